The summed E-state index contributed by atoms with van der Waals surface area (Å²) in [6.07, 6.45) is -0.960. The van der Waals surface area contributed by atoms with Crippen molar-refractivity contribution in [2.75, 3.05) is 11.9 Å². The highest BCUT2D eigenvalue weighted by molar-refractivity contribution is 5.98. The Balaban J connectivity index is 1.95. The molecule has 0 fully saturated rings. The van der Waals surface area contributed by atoms with Gasteiger partial charge in [-0.3, -0.25) is 4.79 Å². The predicted molar refractivity (Wildman–Crippen MR) is 87.1 cm³/mol. The number of carbonyl (C=O) groups is 2. The molecule has 7 nitrogen and oxygen atoms in total. The van der Waals surface area contributed by atoms with Gasteiger partial charge in [0, 0.05) is 5.69 Å². The Morgan fingerprint density at radius 2 is 1.92 bits per heavy atom. The van der Waals surface area contributed by atoms with Crippen molar-refractivity contribution in [1.82, 2.24) is 5.16 Å². The number of nitrogens with zero attached hydrogens (tertiary/aromatic N) is 1. The number of hydrogen-bond acceptors (Lipinski definition) is 6. The highest BCUT2D eigenvalue weighted by Crippen LogP contribution is 2.17. The van der Waals surface area contributed by atoms with Gasteiger partial charge in [-0.15, -0.1) is 0 Å². The molecule has 1 aromatic heterocycles. The molecule has 0 unspecified atom stereocenters. The first-order chi connectivity index (χ1) is 11.4. The van der Waals surface area contributed by atoms with E-state index in [4.69, 9.17) is 14.0 Å². The second-order valence-corrected chi connectivity index (χ2v) is 5.19. The quantitative estimate of drug-likeness (QED) is 0.818. The number of ether oxygens (including phenoxy) is 2. The number of benzene rings is 1. The van der Waals surface area contributed by atoms with Crippen LogP contribution in [0.4, 0.5) is 5.69 Å². The number of nitrogens with one attached hydrogen (secondary N) is 1. The zero-order valence-corrected chi connectivity index (χ0v) is 14.1. The van der Waals surface area contributed by atoms with E-state index in [-0.39, 0.29) is 5.56 Å². The third kappa shape index (κ3) is 4.13. The highest BCUT2D eigenvalue weighted by Gasteiger charge is 2.24. The average Bonchev–Trinajstić information content (AvgIpc) is 2.88. The van der Waals surface area contributed by atoms with Gasteiger partial charge >= 0.3 is 5.97 Å². The summed E-state index contributed by atoms with van der Waals surface area (Å²) in [6, 6.07) is 6.93. The zero-order valence-electron chi connectivity index (χ0n) is 14.1. The van der Waals surface area contributed by atoms with Gasteiger partial charge in [0.25, 0.3) is 5.91 Å². The molecule has 0 spiro atoms. The van der Waals surface area contributed by atoms with Crippen molar-refractivity contribution in [2.24, 2.45) is 0 Å². The minimum atomic E-state index is -0.960. The maximum Gasteiger partial charge on any atom is 0.344 e. The molecular formula is C17H20N2O5. The number of aromatic nitrogens is 1. The Morgan fingerprint density at radius 1 is 1.25 bits per heavy atom. The van der Waals surface area contributed by atoms with Crippen LogP contribution in [0.1, 0.15) is 35.7 Å². The van der Waals surface area contributed by atoms with Crippen molar-refractivity contribution in [1.29, 1.82) is 0 Å². The van der Waals surface area contributed by atoms with E-state index < -0.39 is 18.0 Å². The van der Waals surface area contributed by atoms with Crippen LogP contribution >= 0.6 is 0 Å². The van der Waals surface area contributed by atoms with E-state index in [1.54, 1.807) is 38.1 Å². The molecule has 2 aromatic rings. The number of esters is 1. The van der Waals surface area contributed by atoms with Gasteiger partial charge in [0.1, 0.15) is 17.1 Å². The van der Waals surface area contributed by atoms with Crippen molar-refractivity contribution in [3.05, 3.63) is 41.3 Å². The number of hydrogen-bond donors (Lipinski definition) is 1. The van der Waals surface area contributed by atoms with Gasteiger partial charge in [0.15, 0.2) is 6.10 Å². The fraction of sp³-hybridized carbons (Fsp3) is 0.353. The molecule has 1 heterocycles. The van der Waals surface area contributed by atoms with Crippen molar-refractivity contribution in [2.45, 2.75) is 33.8 Å². The van der Waals surface area contributed by atoms with E-state index >= 15 is 0 Å². The maximum absolute atomic E-state index is 12.1. The summed E-state index contributed by atoms with van der Waals surface area (Å²) in [5.41, 5.74) is 1.26. The van der Waals surface area contributed by atoms with Crippen LogP contribution < -0.4 is 10.1 Å². The number of amides is 1. The van der Waals surface area contributed by atoms with Crippen LogP contribution in [0.25, 0.3) is 0 Å². The Bertz CT molecular complexity index is 702. The number of anilines is 1. The monoisotopic (exact) mass is 332 g/mol. The highest BCUT2D eigenvalue weighted by atomic mass is 16.5. The lowest BCUT2D eigenvalue weighted by molar-refractivity contribution is -0.123. The molecule has 24 heavy (non-hydrogen) atoms. The molecule has 1 amide bonds. The van der Waals surface area contributed by atoms with Crippen LogP contribution in [0.2, 0.25) is 0 Å². The molecule has 2 rings (SSSR count). The minimum Gasteiger partial charge on any atom is -0.494 e. The first kappa shape index (κ1) is 17.5. The second-order valence-electron chi connectivity index (χ2n) is 5.19. The standard InChI is InChI=1S/C17H20N2O5/c1-5-22-14-8-6-13(7-9-14)18-16(20)12(4)23-17(21)15-10(2)19-24-11(15)3/h6-9,12H,5H2,1-4H3,(H,18,20)/t12-/m1/s1. The van der Waals surface area contributed by atoms with Crippen LogP contribution in [0.15, 0.2) is 28.8 Å². The molecular weight excluding hydrogens is 312 g/mol. The number of aryl methyl sites for hydroxylation is 2. The Labute approximate surface area is 139 Å². The first-order valence-corrected chi connectivity index (χ1v) is 7.60. The van der Waals surface area contributed by atoms with Gasteiger partial charge in [-0.2, -0.15) is 0 Å². The first-order valence-electron chi connectivity index (χ1n) is 7.60. The molecule has 7 heteroatoms. The fourth-order valence-corrected chi connectivity index (χ4v) is 2.09. The number of rotatable bonds is 6. The summed E-state index contributed by atoms with van der Waals surface area (Å²) in [5.74, 6) is 0.00451. The molecule has 1 atom stereocenters. The van der Waals surface area contributed by atoms with E-state index in [2.05, 4.69) is 10.5 Å². The summed E-state index contributed by atoms with van der Waals surface area (Å²) >= 11 is 0. The largest absolute Gasteiger partial charge is 0.494 e. The number of carbonyl (C=O) groups excluding carboxylic acids is 2. The Kier molecular flexibility index (Phi) is 5.57. The normalized spacial score (nSPS) is 11.7. The smallest absolute Gasteiger partial charge is 0.344 e. The molecule has 0 aliphatic heterocycles. The van der Waals surface area contributed by atoms with Crippen molar-refractivity contribution < 1.29 is 23.6 Å². The SMILES string of the molecule is CCOc1ccc(NC(=O)[C@@H](C)OC(=O)c2c(C)noc2C)cc1. The zero-order chi connectivity index (χ0) is 17.7. The minimum absolute atomic E-state index is 0.246. The van der Waals surface area contributed by atoms with Crippen LogP contribution in [0.3, 0.4) is 0 Å². The van der Waals surface area contributed by atoms with Gasteiger partial charge in [0.2, 0.25) is 0 Å². The maximum atomic E-state index is 12.1. The third-order valence-electron chi connectivity index (χ3n) is 3.32. The molecule has 0 aliphatic carbocycles. The van der Waals surface area contributed by atoms with Crippen LogP contribution in [0, 0.1) is 13.8 Å². The summed E-state index contributed by atoms with van der Waals surface area (Å²) in [4.78, 5) is 24.3. The molecule has 1 N–H and O–H groups in total. The Morgan fingerprint density at radius 3 is 2.46 bits per heavy atom. The van der Waals surface area contributed by atoms with E-state index in [9.17, 15) is 9.59 Å². The van der Waals surface area contributed by atoms with Gasteiger partial charge in [0.05, 0.1) is 12.3 Å². The molecule has 0 saturated carbocycles. The average molecular weight is 332 g/mol. The second kappa shape index (κ2) is 7.63. The van der Waals surface area contributed by atoms with Crippen molar-refractivity contribution in [3.63, 3.8) is 0 Å². The molecule has 0 bridgehead atoms. The molecule has 0 saturated heterocycles. The van der Waals surface area contributed by atoms with Crippen LogP contribution in [0.5, 0.6) is 5.75 Å². The summed E-state index contributed by atoms with van der Waals surface area (Å²) in [5, 5.41) is 6.37. The molecule has 128 valence electrons. The summed E-state index contributed by atoms with van der Waals surface area (Å²) in [7, 11) is 0. The topological polar surface area (TPSA) is 90.7 Å². The molecule has 1 aromatic carbocycles. The fourth-order valence-electron chi connectivity index (χ4n) is 2.09. The van der Waals surface area contributed by atoms with Crippen LogP contribution in [-0.2, 0) is 9.53 Å². The van der Waals surface area contributed by atoms with E-state index in [0.717, 1.165) is 0 Å². The van der Waals surface area contributed by atoms with Gasteiger partial charge in [-0.05, 0) is 52.0 Å². The lowest BCUT2D eigenvalue weighted by Gasteiger charge is -2.13. The third-order valence-corrected chi connectivity index (χ3v) is 3.32. The predicted octanol–water partition coefficient (Wildman–Crippen LogP) is 2.87. The van der Waals surface area contributed by atoms with Gasteiger partial charge < -0.3 is 19.3 Å². The summed E-state index contributed by atoms with van der Waals surface area (Å²) in [6.45, 7) is 7.21. The van der Waals surface area contributed by atoms with E-state index in [0.29, 0.717) is 29.5 Å². The summed E-state index contributed by atoms with van der Waals surface area (Å²) < 4.78 is 15.4. The van der Waals surface area contributed by atoms with Crippen molar-refractivity contribution in [3.8, 4) is 5.75 Å². The van der Waals surface area contributed by atoms with E-state index in [1.165, 1.54) is 6.92 Å². The van der Waals surface area contributed by atoms with Crippen LogP contribution in [-0.4, -0.2) is 29.7 Å². The lowest BCUT2D eigenvalue weighted by atomic mass is 10.2. The Hall–Kier alpha value is -2.83. The van der Waals surface area contributed by atoms with Gasteiger partial charge in [-0.25, -0.2) is 4.79 Å². The van der Waals surface area contributed by atoms with Crippen molar-refractivity contribution >= 4 is 17.6 Å². The molecule has 0 radical (unpaired) electrons. The van der Waals surface area contributed by atoms with Gasteiger partial charge in [-0.1, -0.05) is 5.16 Å². The molecule has 0 aliphatic rings. The van der Waals surface area contributed by atoms with E-state index in [1.807, 2.05) is 6.92 Å². The lowest BCUT2D eigenvalue weighted by Crippen LogP contribution is -2.30.